The van der Waals surface area contributed by atoms with Gasteiger partial charge in [0.05, 0.1) is 0 Å². The van der Waals surface area contributed by atoms with E-state index in [1.54, 1.807) is 0 Å². The average Bonchev–Trinajstić information content (AvgIpc) is 2.71. The Morgan fingerprint density at radius 2 is 2.29 bits per heavy atom. The van der Waals surface area contributed by atoms with E-state index in [0.29, 0.717) is 6.04 Å². The van der Waals surface area contributed by atoms with Gasteiger partial charge in [-0.15, -0.1) is 6.58 Å². The molecule has 0 aromatic heterocycles. The van der Waals surface area contributed by atoms with Gasteiger partial charge in [0.25, 0.3) is 0 Å². The molecule has 0 radical (unpaired) electrons. The summed E-state index contributed by atoms with van der Waals surface area (Å²) in [6.45, 7) is 9.18. The normalized spacial score (nSPS) is 19.5. The van der Waals surface area contributed by atoms with Gasteiger partial charge < -0.3 is 10.1 Å². The number of nitrogens with one attached hydrogen (secondary N) is 1. The topological polar surface area (TPSA) is 21.3 Å². The van der Waals surface area contributed by atoms with Crippen LogP contribution in [-0.2, 0) is 6.42 Å². The van der Waals surface area contributed by atoms with Crippen molar-refractivity contribution < 1.29 is 4.74 Å². The summed E-state index contributed by atoms with van der Waals surface area (Å²) in [5.74, 6) is 1.04. The zero-order chi connectivity index (χ0) is 12.3. The molecule has 1 aliphatic heterocycles. The summed E-state index contributed by atoms with van der Waals surface area (Å²) in [5.41, 5.74) is 2.53. The van der Waals surface area contributed by atoms with Crippen molar-refractivity contribution in [2.24, 2.45) is 0 Å². The van der Waals surface area contributed by atoms with E-state index in [1.807, 2.05) is 6.07 Å². The molecule has 1 aliphatic rings. The zero-order valence-electron chi connectivity index (χ0n) is 10.7. The van der Waals surface area contributed by atoms with Crippen LogP contribution in [0.25, 0.3) is 0 Å². The molecule has 0 fully saturated rings. The first kappa shape index (κ1) is 12.2. The first-order valence-electron chi connectivity index (χ1n) is 6.33. The Kier molecular flexibility index (Phi) is 3.85. The number of hydrogen-bond acceptors (Lipinski definition) is 2. The molecule has 1 aromatic rings. The van der Waals surface area contributed by atoms with Crippen molar-refractivity contribution in [3.8, 4) is 5.75 Å². The summed E-state index contributed by atoms with van der Waals surface area (Å²) in [6.07, 6.45) is 2.22. The fraction of sp³-hybridized carbons (Fsp3) is 0.467. The molecule has 1 N–H and O–H groups in total. The maximum absolute atomic E-state index is 6.02. The number of benzene rings is 1. The monoisotopic (exact) mass is 231 g/mol. The molecule has 0 amide bonds. The zero-order valence-corrected chi connectivity index (χ0v) is 10.7. The molecule has 2 nitrogen and oxygen atoms in total. The van der Waals surface area contributed by atoms with E-state index in [1.165, 1.54) is 11.1 Å². The minimum absolute atomic E-state index is 0.240. The van der Waals surface area contributed by atoms with E-state index in [-0.39, 0.29) is 6.10 Å². The van der Waals surface area contributed by atoms with Gasteiger partial charge in [0.1, 0.15) is 11.9 Å². The first-order valence-corrected chi connectivity index (χ1v) is 6.33. The van der Waals surface area contributed by atoms with Gasteiger partial charge in [-0.05, 0) is 31.5 Å². The SMILES string of the molecule is C=C(C)CC(NCC)C1Cc2ccccc2O1. The molecule has 2 heteroatoms. The van der Waals surface area contributed by atoms with E-state index in [9.17, 15) is 0 Å². The second kappa shape index (κ2) is 5.37. The van der Waals surface area contributed by atoms with Crippen LogP contribution in [0.3, 0.4) is 0 Å². The number of likely N-dealkylation sites (N-methyl/N-ethyl adjacent to an activating group) is 1. The lowest BCUT2D eigenvalue weighted by molar-refractivity contribution is 0.178. The van der Waals surface area contributed by atoms with Crippen LogP contribution in [0.5, 0.6) is 5.75 Å². The Labute approximate surface area is 104 Å². The fourth-order valence-corrected chi connectivity index (χ4v) is 2.41. The minimum Gasteiger partial charge on any atom is -0.488 e. The van der Waals surface area contributed by atoms with Gasteiger partial charge in [0, 0.05) is 12.5 Å². The van der Waals surface area contributed by atoms with Crippen LogP contribution in [0, 0.1) is 0 Å². The molecular formula is C15H21NO. The van der Waals surface area contributed by atoms with Crippen molar-refractivity contribution in [2.75, 3.05) is 6.54 Å². The highest BCUT2D eigenvalue weighted by Gasteiger charge is 2.29. The molecule has 92 valence electrons. The van der Waals surface area contributed by atoms with Gasteiger partial charge in [0.15, 0.2) is 0 Å². The van der Waals surface area contributed by atoms with E-state index < -0.39 is 0 Å². The van der Waals surface area contributed by atoms with Crippen molar-refractivity contribution in [1.82, 2.24) is 5.32 Å². The summed E-state index contributed by atoms with van der Waals surface area (Å²) in [5, 5.41) is 3.50. The quantitative estimate of drug-likeness (QED) is 0.787. The molecule has 0 saturated heterocycles. The van der Waals surface area contributed by atoms with E-state index in [4.69, 9.17) is 4.74 Å². The van der Waals surface area contributed by atoms with Crippen LogP contribution in [0.1, 0.15) is 25.8 Å². The smallest absolute Gasteiger partial charge is 0.123 e. The van der Waals surface area contributed by atoms with Crippen LogP contribution in [-0.4, -0.2) is 18.7 Å². The van der Waals surface area contributed by atoms with Gasteiger partial charge >= 0.3 is 0 Å². The van der Waals surface area contributed by atoms with Crippen LogP contribution >= 0.6 is 0 Å². The summed E-state index contributed by atoms with van der Waals surface area (Å²) >= 11 is 0. The highest BCUT2D eigenvalue weighted by molar-refractivity contribution is 5.37. The Morgan fingerprint density at radius 3 is 2.94 bits per heavy atom. The van der Waals surface area contributed by atoms with E-state index in [2.05, 4.69) is 43.9 Å². The predicted octanol–water partition coefficient (Wildman–Crippen LogP) is 2.93. The first-order chi connectivity index (χ1) is 8.20. The van der Waals surface area contributed by atoms with Gasteiger partial charge in [-0.1, -0.05) is 30.7 Å². The Hall–Kier alpha value is -1.28. The number of fused-ring (bicyclic) bond motifs is 1. The average molecular weight is 231 g/mol. The third kappa shape index (κ3) is 2.89. The molecule has 2 atom stereocenters. The van der Waals surface area contributed by atoms with Gasteiger partial charge in [-0.25, -0.2) is 0 Å². The second-order valence-electron chi connectivity index (χ2n) is 4.79. The van der Waals surface area contributed by atoms with E-state index in [0.717, 1.165) is 25.1 Å². The highest BCUT2D eigenvalue weighted by atomic mass is 16.5. The Bertz CT molecular complexity index is 375. The van der Waals surface area contributed by atoms with Crippen molar-refractivity contribution in [2.45, 2.75) is 38.8 Å². The number of para-hydroxylation sites is 1. The molecule has 0 aliphatic carbocycles. The van der Waals surface area contributed by atoms with Crippen molar-refractivity contribution in [1.29, 1.82) is 0 Å². The summed E-state index contributed by atoms with van der Waals surface area (Å²) in [4.78, 5) is 0. The molecule has 0 spiro atoms. The highest BCUT2D eigenvalue weighted by Crippen LogP contribution is 2.30. The largest absolute Gasteiger partial charge is 0.488 e. The van der Waals surface area contributed by atoms with Crippen LogP contribution < -0.4 is 10.1 Å². The molecule has 2 unspecified atom stereocenters. The predicted molar refractivity (Wildman–Crippen MR) is 71.5 cm³/mol. The lowest BCUT2D eigenvalue weighted by atomic mass is 9.99. The molecule has 0 saturated carbocycles. The number of hydrogen-bond donors (Lipinski definition) is 1. The summed E-state index contributed by atoms with van der Waals surface area (Å²) < 4.78 is 6.02. The van der Waals surface area contributed by atoms with Gasteiger partial charge in [-0.2, -0.15) is 0 Å². The summed E-state index contributed by atoms with van der Waals surface area (Å²) in [7, 11) is 0. The fourth-order valence-electron chi connectivity index (χ4n) is 2.41. The van der Waals surface area contributed by atoms with E-state index >= 15 is 0 Å². The standard InChI is InChI=1S/C15H21NO/c1-4-16-13(9-11(2)3)15-10-12-7-5-6-8-14(12)17-15/h5-8,13,15-16H,2,4,9-10H2,1,3H3. The van der Waals surface area contributed by atoms with Crippen molar-refractivity contribution >= 4 is 0 Å². The van der Waals surface area contributed by atoms with Gasteiger partial charge in [-0.3, -0.25) is 0 Å². The van der Waals surface area contributed by atoms with Crippen molar-refractivity contribution in [3.63, 3.8) is 0 Å². The molecule has 1 heterocycles. The van der Waals surface area contributed by atoms with Gasteiger partial charge in [0.2, 0.25) is 0 Å². The second-order valence-corrected chi connectivity index (χ2v) is 4.79. The van der Waals surface area contributed by atoms with Crippen LogP contribution in [0.2, 0.25) is 0 Å². The minimum atomic E-state index is 0.240. The van der Waals surface area contributed by atoms with Crippen molar-refractivity contribution in [3.05, 3.63) is 42.0 Å². The van der Waals surface area contributed by atoms with Crippen LogP contribution in [0.4, 0.5) is 0 Å². The molecule has 0 bridgehead atoms. The summed E-state index contributed by atoms with van der Waals surface area (Å²) in [6, 6.07) is 8.68. The third-order valence-electron chi connectivity index (χ3n) is 3.16. The Balaban J connectivity index is 2.05. The number of rotatable bonds is 5. The van der Waals surface area contributed by atoms with Crippen LogP contribution in [0.15, 0.2) is 36.4 Å². The molecule has 2 rings (SSSR count). The molecule has 1 aromatic carbocycles. The number of ether oxygens (including phenoxy) is 1. The lowest BCUT2D eigenvalue weighted by Crippen LogP contribution is -2.42. The lowest BCUT2D eigenvalue weighted by Gasteiger charge is -2.24. The molecular weight excluding hydrogens is 210 g/mol. The molecule has 17 heavy (non-hydrogen) atoms. The Morgan fingerprint density at radius 1 is 1.53 bits per heavy atom. The maximum Gasteiger partial charge on any atom is 0.123 e. The maximum atomic E-state index is 6.02. The third-order valence-corrected chi connectivity index (χ3v) is 3.16.